The predicted molar refractivity (Wildman–Crippen MR) is 48.5 cm³/mol. The molecule has 1 radical (unpaired) electrons. The summed E-state index contributed by atoms with van der Waals surface area (Å²) in [6.45, 7) is 3.64. The molecule has 0 unspecified atom stereocenters. The Morgan fingerprint density at radius 1 is 1.25 bits per heavy atom. The molecule has 69 valence electrons. The lowest BCUT2D eigenvalue weighted by molar-refractivity contribution is 0.527. The van der Waals surface area contributed by atoms with Crippen LogP contribution in [0.3, 0.4) is 0 Å². The molecule has 6 nitrogen and oxygen atoms in total. The Morgan fingerprint density at radius 2 is 1.67 bits per heavy atom. The molecular formula is C6H15N6. The molecule has 0 saturated heterocycles. The Labute approximate surface area is 71.7 Å². The van der Waals surface area contributed by atoms with Gasteiger partial charge in [0.25, 0.3) is 0 Å². The molecule has 0 fully saturated rings. The molecule has 0 spiro atoms. The highest BCUT2D eigenvalue weighted by molar-refractivity contribution is 5.77. The van der Waals surface area contributed by atoms with Gasteiger partial charge in [-0.2, -0.15) is 0 Å². The first-order valence-electron chi connectivity index (χ1n) is 3.56. The third-order valence-electron chi connectivity index (χ3n) is 1.15. The van der Waals surface area contributed by atoms with E-state index in [2.05, 4.69) is 17.6 Å². The molecular weight excluding hydrogens is 156 g/mol. The van der Waals surface area contributed by atoms with Crippen molar-refractivity contribution in [1.29, 1.82) is 10.8 Å². The minimum absolute atomic E-state index is 0.151. The fraction of sp³-hybridized carbons (Fsp3) is 0.500. The molecule has 0 atom stereocenters. The lowest BCUT2D eigenvalue weighted by Gasteiger charge is -2.19. The summed E-state index contributed by atoms with van der Waals surface area (Å²) in [6, 6.07) is 0. The Hall–Kier alpha value is -1.46. The van der Waals surface area contributed by atoms with E-state index in [-0.39, 0.29) is 18.1 Å². The molecule has 0 aliphatic heterocycles. The molecule has 0 amide bonds. The van der Waals surface area contributed by atoms with Crippen molar-refractivity contribution in [2.45, 2.75) is 19.0 Å². The van der Waals surface area contributed by atoms with Crippen LogP contribution in [0.15, 0.2) is 0 Å². The van der Waals surface area contributed by atoms with Crippen molar-refractivity contribution in [3.8, 4) is 0 Å². The lowest BCUT2D eigenvalue weighted by Crippen LogP contribution is -2.51. The zero-order valence-corrected chi connectivity index (χ0v) is 6.85. The standard InChI is InChI=1S/C6H15N6/c1-2-3-4(11-5(7)8)12-6(9)10/h4H,1-3H2,(H4,7,8,11)(H4,9,10,12). The minimum atomic E-state index is -0.280. The summed E-state index contributed by atoms with van der Waals surface area (Å²) < 4.78 is 0. The van der Waals surface area contributed by atoms with Gasteiger partial charge in [0.15, 0.2) is 11.9 Å². The molecule has 6 heteroatoms. The summed E-state index contributed by atoms with van der Waals surface area (Å²) in [4.78, 5) is 0. The van der Waals surface area contributed by atoms with E-state index in [9.17, 15) is 0 Å². The topological polar surface area (TPSA) is 124 Å². The second-order valence-electron chi connectivity index (χ2n) is 2.31. The maximum atomic E-state index is 6.94. The van der Waals surface area contributed by atoms with Gasteiger partial charge in [-0.1, -0.05) is 6.92 Å². The first-order chi connectivity index (χ1) is 5.56. The number of rotatable bonds is 4. The molecule has 0 saturated carbocycles. The smallest absolute Gasteiger partial charge is 0.187 e. The van der Waals surface area contributed by atoms with Crippen LogP contribution < -0.4 is 22.1 Å². The molecule has 0 rings (SSSR count). The fourth-order valence-corrected chi connectivity index (χ4v) is 0.760. The zero-order valence-electron chi connectivity index (χ0n) is 6.85. The lowest BCUT2D eigenvalue weighted by atomic mass is 10.3. The van der Waals surface area contributed by atoms with Crippen LogP contribution in [0.2, 0.25) is 0 Å². The second-order valence-corrected chi connectivity index (χ2v) is 2.31. The van der Waals surface area contributed by atoms with Crippen molar-refractivity contribution in [3.05, 3.63) is 6.92 Å². The minimum Gasteiger partial charge on any atom is -0.370 e. The number of nitrogens with two attached hydrogens (primary N) is 2. The Bertz CT molecular complexity index is 149. The number of nitrogens with one attached hydrogen (secondary N) is 4. The van der Waals surface area contributed by atoms with E-state index < -0.39 is 0 Å². The van der Waals surface area contributed by atoms with E-state index in [1.54, 1.807) is 0 Å². The van der Waals surface area contributed by atoms with Crippen LogP contribution in [0.25, 0.3) is 0 Å². The van der Waals surface area contributed by atoms with Gasteiger partial charge in [-0.25, -0.2) is 0 Å². The predicted octanol–water partition coefficient (Wildman–Crippen LogP) is -1.11. The first-order valence-corrected chi connectivity index (χ1v) is 3.56. The maximum Gasteiger partial charge on any atom is 0.187 e. The van der Waals surface area contributed by atoms with Gasteiger partial charge in [-0.05, 0) is 12.8 Å². The van der Waals surface area contributed by atoms with Crippen molar-refractivity contribution < 1.29 is 0 Å². The summed E-state index contributed by atoms with van der Waals surface area (Å²) in [5, 5.41) is 19.1. The molecule has 12 heavy (non-hydrogen) atoms. The van der Waals surface area contributed by atoms with Crippen LogP contribution in [0.4, 0.5) is 0 Å². The van der Waals surface area contributed by atoms with Crippen LogP contribution in [-0.4, -0.2) is 18.1 Å². The second kappa shape index (κ2) is 5.22. The molecule has 8 N–H and O–H groups in total. The average molecular weight is 171 g/mol. The van der Waals surface area contributed by atoms with E-state index in [1.165, 1.54) is 0 Å². The summed E-state index contributed by atoms with van der Waals surface area (Å²) in [6.07, 6.45) is 1.04. The van der Waals surface area contributed by atoms with Crippen LogP contribution in [-0.2, 0) is 0 Å². The monoisotopic (exact) mass is 171 g/mol. The van der Waals surface area contributed by atoms with Gasteiger partial charge >= 0.3 is 0 Å². The van der Waals surface area contributed by atoms with Gasteiger partial charge in [0.2, 0.25) is 0 Å². The summed E-state index contributed by atoms with van der Waals surface area (Å²) in [7, 11) is 0. The quantitative estimate of drug-likeness (QED) is 0.182. The average Bonchev–Trinajstić information content (AvgIpc) is 1.84. The summed E-state index contributed by atoms with van der Waals surface area (Å²) >= 11 is 0. The molecule has 0 aliphatic carbocycles. The first kappa shape index (κ1) is 10.5. The Balaban J connectivity index is 3.85. The van der Waals surface area contributed by atoms with E-state index in [0.717, 1.165) is 0 Å². The van der Waals surface area contributed by atoms with Crippen LogP contribution in [0.1, 0.15) is 12.8 Å². The molecule has 0 aromatic rings. The van der Waals surface area contributed by atoms with E-state index >= 15 is 0 Å². The van der Waals surface area contributed by atoms with Crippen LogP contribution in [0, 0.1) is 17.7 Å². The van der Waals surface area contributed by atoms with Gasteiger partial charge in [-0.15, -0.1) is 0 Å². The zero-order chi connectivity index (χ0) is 9.56. The SMILES string of the molecule is [CH2]CCC(NC(=N)N)NC(=N)N. The summed E-state index contributed by atoms with van der Waals surface area (Å²) in [5.41, 5.74) is 10.2. The number of hydrogen-bond donors (Lipinski definition) is 6. The van der Waals surface area contributed by atoms with E-state index in [1.807, 2.05) is 0 Å². The van der Waals surface area contributed by atoms with E-state index in [0.29, 0.717) is 12.8 Å². The Kier molecular flexibility index (Phi) is 4.59. The van der Waals surface area contributed by atoms with Crippen molar-refractivity contribution >= 4 is 11.9 Å². The van der Waals surface area contributed by atoms with Crippen molar-refractivity contribution in [2.24, 2.45) is 11.5 Å². The van der Waals surface area contributed by atoms with Gasteiger partial charge in [0.1, 0.15) is 6.17 Å². The number of hydrogen-bond acceptors (Lipinski definition) is 2. The van der Waals surface area contributed by atoms with Crippen molar-refractivity contribution in [2.75, 3.05) is 0 Å². The molecule has 0 aliphatic rings. The van der Waals surface area contributed by atoms with Gasteiger partial charge in [-0.3, -0.25) is 10.8 Å². The third kappa shape index (κ3) is 5.33. The molecule has 0 aromatic heterocycles. The number of guanidine groups is 2. The van der Waals surface area contributed by atoms with Gasteiger partial charge in [0.05, 0.1) is 0 Å². The normalized spacial score (nSPS) is 11.8. The molecule has 0 bridgehead atoms. The highest BCUT2D eigenvalue weighted by atomic mass is 15.2. The maximum absolute atomic E-state index is 6.94. The third-order valence-corrected chi connectivity index (χ3v) is 1.15. The highest BCUT2D eigenvalue weighted by Gasteiger charge is 2.06. The molecule has 0 heterocycles. The van der Waals surface area contributed by atoms with Crippen LogP contribution in [0.5, 0.6) is 0 Å². The highest BCUT2D eigenvalue weighted by Crippen LogP contribution is 1.90. The van der Waals surface area contributed by atoms with Gasteiger partial charge in [0, 0.05) is 0 Å². The van der Waals surface area contributed by atoms with Crippen molar-refractivity contribution in [1.82, 2.24) is 10.6 Å². The molecule has 0 aromatic carbocycles. The fourth-order valence-electron chi connectivity index (χ4n) is 0.760. The largest absolute Gasteiger partial charge is 0.370 e. The van der Waals surface area contributed by atoms with Crippen LogP contribution >= 0.6 is 0 Å². The van der Waals surface area contributed by atoms with Gasteiger partial charge < -0.3 is 22.1 Å². The van der Waals surface area contributed by atoms with Crippen molar-refractivity contribution in [3.63, 3.8) is 0 Å². The Morgan fingerprint density at radius 3 is 1.92 bits per heavy atom. The summed E-state index contributed by atoms with van der Waals surface area (Å²) in [5.74, 6) is -0.301. The van der Waals surface area contributed by atoms with E-state index in [4.69, 9.17) is 22.3 Å².